The standard InChI is InChI=1S/C36H54N6O7/c1-5-6-13-28(33(45)40-29(36(48)49)14-10-19-37)39-34(46)31(20-23(2)3)42(4)35(47)30(22-24-11-8-7-9-12-24)41-32(44)27(38)21-25-15-17-26(43)18-16-25/h7-9,11-12,15-18,23,27-31,43H,5-6,10,13-14,19-22,37-38H2,1-4H3,(H,39,46)(H,40,45)(H,41,44)(H,48,49)/t27-,28-,29-,30-,31-/m0/s1. The maximum atomic E-state index is 14.1. The summed E-state index contributed by atoms with van der Waals surface area (Å²) in [7, 11) is 1.49. The molecule has 0 heterocycles. The van der Waals surface area contributed by atoms with Crippen molar-refractivity contribution < 1.29 is 34.2 Å². The number of aromatic hydroxyl groups is 1. The zero-order chi connectivity index (χ0) is 36.5. The molecule has 0 saturated carbocycles. The van der Waals surface area contributed by atoms with E-state index in [9.17, 15) is 34.2 Å². The Labute approximate surface area is 289 Å². The average molecular weight is 683 g/mol. The van der Waals surface area contributed by atoms with Crippen molar-refractivity contribution in [2.45, 2.75) is 102 Å². The summed E-state index contributed by atoms with van der Waals surface area (Å²) >= 11 is 0. The number of phenolic OH excluding ortho intramolecular Hbond substituents is 1. The summed E-state index contributed by atoms with van der Waals surface area (Å²) in [5.74, 6) is -3.40. The van der Waals surface area contributed by atoms with E-state index in [1.165, 1.54) is 24.1 Å². The number of hydrogen-bond donors (Lipinski definition) is 7. The maximum absolute atomic E-state index is 14.1. The molecule has 4 amide bonds. The lowest BCUT2D eigenvalue weighted by Crippen LogP contribution is -2.59. The van der Waals surface area contributed by atoms with Crippen LogP contribution in [0.3, 0.4) is 0 Å². The van der Waals surface area contributed by atoms with Crippen molar-refractivity contribution in [3.8, 4) is 5.75 Å². The van der Waals surface area contributed by atoms with Gasteiger partial charge in [0.25, 0.3) is 0 Å². The van der Waals surface area contributed by atoms with Gasteiger partial charge in [-0.05, 0) is 67.8 Å². The number of carboxylic acid groups (broad SMARTS) is 1. The molecular weight excluding hydrogens is 628 g/mol. The molecule has 270 valence electrons. The van der Waals surface area contributed by atoms with E-state index in [4.69, 9.17) is 11.5 Å². The summed E-state index contributed by atoms with van der Waals surface area (Å²) in [6.07, 6.45) is 2.71. The van der Waals surface area contributed by atoms with Crippen molar-refractivity contribution >= 4 is 29.6 Å². The van der Waals surface area contributed by atoms with Crippen LogP contribution in [0, 0.1) is 5.92 Å². The van der Waals surface area contributed by atoms with Crippen LogP contribution in [-0.2, 0) is 36.8 Å². The van der Waals surface area contributed by atoms with Gasteiger partial charge in [-0.15, -0.1) is 0 Å². The van der Waals surface area contributed by atoms with Crippen LogP contribution in [0.2, 0.25) is 0 Å². The summed E-state index contributed by atoms with van der Waals surface area (Å²) < 4.78 is 0. The molecule has 0 aliphatic rings. The van der Waals surface area contributed by atoms with Gasteiger partial charge in [0, 0.05) is 13.5 Å². The fourth-order valence-corrected chi connectivity index (χ4v) is 5.39. The molecule has 2 aromatic rings. The summed E-state index contributed by atoms with van der Waals surface area (Å²) in [5.41, 5.74) is 13.3. The molecule has 9 N–H and O–H groups in total. The number of unbranched alkanes of at least 4 members (excludes halogenated alkanes) is 1. The fourth-order valence-electron chi connectivity index (χ4n) is 5.39. The van der Waals surface area contributed by atoms with Crippen LogP contribution in [-0.4, -0.2) is 88.5 Å². The SMILES string of the molecule is CCCC[C@H](NC(=O)[C@H](CC(C)C)N(C)C(=O)[C@H](Cc1ccccc1)NC(=O)[C@@H](N)Cc1ccc(O)cc1)C(=O)N[C@@H](CCCN)C(=O)O. The third-order valence-electron chi connectivity index (χ3n) is 8.23. The number of hydrogen-bond acceptors (Lipinski definition) is 8. The van der Waals surface area contributed by atoms with Crippen molar-refractivity contribution in [1.82, 2.24) is 20.9 Å². The molecule has 0 bridgehead atoms. The molecule has 0 aliphatic carbocycles. The van der Waals surface area contributed by atoms with Crippen LogP contribution in [0.4, 0.5) is 0 Å². The highest BCUT2D eigenvalue weighted by atomic mass is 16.4. The van der Waals surface area contributed by atoms with E-state index in [1.54, 1.807) is 12.1 Å². The van der Waals surface area contributed by atoms with Crippen molar-refractivity contribution in [2.24, 2.45) is 17.4 Å². The maximum Gasteiger partial charge on any atom is 0.326 e. The largest absolute Gasteiger partial charge is 0.508 e. The second-order valence-corrected chi connectivity index (χ2v) is 12.9. The zero-order valence-corrected chi connectivity index (χ0v) is 29.1. The number of aliphatic carboxylic acids is 1. The van der Waals surface area contributed by atoms with Gasteiger partial charge in [0.1, 0.15) is 29.9 Å². The highest BCUT2D eigenvalue weighted by molar-refractivity contribution is 5.95. The Kier molecular flexibility index (Phi) is 17.3. The highest BCUT2D eigenvalue weighted by Gasteiger charge is 2.35. The number of nitrogens with one attached hydrogen (secondary N) is 3. The van der Waals surface area contributed by atoms with Gasteiger partial charge < -0.3 is 42.5 Å². The Morgan fingerprint density at radius 2 is 1.35 bits per heavy atom. The molecule has 0 aliphatic heterocycles. The molecule has 49 heavy (non-hydrogen) atoms. The summed E-state index contributed by atoms with van der Waals surface area (Å²) in [5, 5.41) is 27.3. The smallest absolute Gasteiger partial charge is 0.326 e. The molecule has 5 atom stereocenters. The van der Waals surface area contributed by atoms with Crippen LogP contribution >= 0.6 is 0 Å². The molecule has 0 spiro atoms. The lowest BCUT2D eigenvalue weighted by atomic mass is 9.98. The number of carbonyl (C=O) groups excluding carboxylic acids is 4. The van der Waals surface area contributed by atoms with Gasteiger partial charge in [0.05, 0.1) is 6.04 Å². The van der Waals surface area contributed by atoms with E-state index in [0.717, 1.165) is 17.5 Å². The monoisotopic (exact) mass is 682 g/mol. The first-order valence-electron chi connectivity index (χ1n) is 16.9. The molecule has 13 nitrogen and oxygen atoms in total. The fraction of sp³-hybridized carbons (Fsp3) is 0.528. The van der Waals surface area contributed by atoms with Crippen LogP contribution in [0.1, 0.15) is 70.4 Å². The lowest BCUT2D eigenvalue weighted by Gasteiger charge is -2.33. The van der Waals surface area contributed by atoms with Crippen LogP contribution in [0.25, 0.3) is 0 Å². The van der Waals surface area contributed by atoms with Crippen LogP contribution in [0.15, 0.2) is 54.6 Å². The minimum absolute atomic E-state index is 0.0255. The highest BCUT2D eigenvalue weighted by Crippen LogP contribution is 2.16. The summed E-state index contributed by atoms with van der Waals surface area (Å²) in [6, 6.07) is 10.2. The first-order chi connectivity index (χ1) is 23.3. The third-order valence-corrected chi connectivity index (χ3v) is 8.23. The number of amides is 4. The zero-order valence-electron chi connectivity index (χ0n) is 29.1. The van der Waals surface area contributed by atoms with Crippen LogP contribution in [0.5, 0.6) is 5.75 Å². The topological polar surface area (TPSA) is 217 Å². The van der Waals surface area contributed by atoms with Crippen molar-refractivity contribution in [3.05, 3.63) is 65.7 Å². The van der Waals surface area contributed by atoms with E-state index < -0.39 is 59.8 Å². The molecule has 0 radical (unpaired) electrons. The van der Waals surface area contributed by atoms with Crippen molar-refractivity contribution in [2.75, 3.05) is 13.6 Å². The van der Waals surface area contributed by atoms with Gasteiger partial charge >= 0.3 is 5.97 Å². The second kappa shape index (κ2) is 20.8. The lowest BCUT2D eigenvalue weighted by molar-refractivity contribution is -0.144. The number of likely N-dealkylation sites (N-methyl/N-ethyl adjacent to an activating group) is 1. The van der Waals surface area contributed by atoms with E-state index in [0.29, 0.717) is 12.8 Å². The minimum Gasteiger partial charge on any atom is -0.508 e. The first kappa shape index (κ1) is 40.7. The first-order valence-corrected chi connectivity index (χ1v) is 16.9. The van der Waals surface area contributed by atoms with Gasteiger partial charge in [-0.1, -0.05) is 76.1 Å². The Balaban J connectivity index is 2.32. The molecule has 13 heteroatoms. The molecule has 0 unspecified atom stereocenters. The Bertz CT molecular complexity index is 1360. The average Bonchev–Trinajstić information content (AvgIpc) is 3.07. The molecule has 2 aromatic carbocycles. The minimum atomic E-state index is -1.19. The second-order valence-electron chi connectivity index (χ2n) is 12.9. The number of carboxylic acids is 1. The normalized spacial score (nSPS) is 14.2. The van der Waals surface area contributed by atoms with Gasteiger partial charge in [0.2, 0.25) is 23.6 Å². The predicted molar refractivity (Wildman–Crippen MR) is 187 cm³/mol. The Hall–Kier alpha value is -4.49. The third kappa shape index (κ3) is 13.9. The number of nitrogens with two attached hydrogens (primary N) is 2. The van der Waals surface area contributed by atoms with Crippen molar-refractivity contribution in [3.63, 3.8) is 0 Å². The van der Waals surface area contributed by atoms with Crippen LogP contribution < -0.4 is 27.4 Å². The molecule has 2 rings (SSSR count). The van der Waals surface area contributed by atoms with E-state index in [1.807, 2.05) is 51.1 Å². The van der Waals surface area contributed by atoms with Gasteiger partial charge in [-0.25, -0.2) is 4.79 Å². The van der Waals surface area contributed by atoms with Gasteiger partial charge in [0.15, 0.2) is 0 Å². The number of phenols is 1. The molecular formula is C36H54N6O7. The Morgan fingerprint density at radius 1 is 0.776 bits per heavy atom. The van der Waals surface area contributed by atoms with E-state index in [-0.39, 0.29) is 50.3 Å². The summed E-state index contributed by atoms with van der Waals surface area (Å²) in [4.78, 5) is 67.7. The molecule has 0 fully saturated rings. The van der Waals surface area contributed by atoms with Crippen molar-refractivity contribution in [1.29, 1.82) is 0 Å². The summed E-state index contributed by atoms with van der Waals surface area (Å²) in [6.45, 7) is 6.01. The molecule has 0 aromatic heterocycles. The van der Waals surface area contributed by atoms with Gasteiger partial charge in [-0.3, -0.25) is 19.2 Å². The number of carbonyl (C=O) groups is 5. The van der Waals surface area contributed by atoms with Gasteiger partial charge in [-0.2, -0.15) is 0 Å². The number of rotatable bonds is 21. The van der Waals surface area contributed by atoms with E-state index in [2.05, 4.69) is 16.0 Å². The van der Waals surface area contributed by atoms with E-state index >= 15 is 0 Å². The number of nitrogens with zero attached hydrogens (tertiary/aromatic N) is 1. The predicted octanol–water partition coefficient (Wildman–Crippen LogP) is 1.85. The quantitative estimate of drug-likeness (QED) is 0.102. The molecule has 0 saturated heterocycles. The Morgan fingerprint density at radius 3 is 1.92 bits per heavy atom. The number of benzene rings is 2.